The minimum absolute atomic E-state index is 0.855. The molecular weight excluding hydrogens is 136 g/mol. The van der Waals surface area contributed by atoms with Gasteiger partial charge in [0.05, 0.1) is 0 Å². The minimum Gasteiger partial charge on any atom is -0.308 e. The van der Waals surface area contributed by atoms with E-state index in [4.69, 9.17) is 10.9 Å². The highest BCUT2D eigenvalue weighted by molar-refractivity contribution is 7.80. The lowest BCUT2D eigenvalue weighted by atomic mass is 11.9. The van der Waals surface area contributed by atoms with E-state index in [-0.39, 0.29) is 0 Å². The molecule has 50 valence electrons. The van der Waals surface area contributed by atoms with Crippen LogP contribution in [0.2, 0.25) is 0 Å². The molecule has 0 atom stereocenters. The first-order chi connectivity index (χ1) is 3.77. The summed E-state index contributed by atoms with van der Waals surface area (Å²) in [5.41, 5.74) is 5.00. The van der Waals surface area contributed by atoms with Crippen molar-refractivity contribution < 1.29 is 24.7 Å². The van der Waals surface area contributed by atoms with Gasteiger partial charge < -0.3 is 14.9 Å². The van der Waals surface area contributed by atoms with Gasteiger partial charge in [-0.2, -0.15) is 0 Å². The molecule has 0 rings (SSSR count). The van der Waals surface area contributed by atoms with Gasteiger partial charge in [-0.3, -0.25) is 5.69 Å². The second kappa shape index (κ2) is 5.07. The van der Waals surface area contributed by atoms with Gasteiger partial charge in [0.15, 0.2) is 0 Å². The summed E-state index contributed by atoms with van der Waals surface area (Å²) in [7, 11) is -0.855. The molecule has 1 N–H and O–H groups in total. The fourth-order valence-electron chi connectivity index (χ4n) is 0.0676. The summed E-state index contributed by atoms with van der Waals surface area (Å²) in [4.78, 5) is 0. The molecule has 0 aliphatic carbocycles. The molecule has 0 aliphatic rings. The summed E-state index contributed by atoms with van der Waals surface area (Å²) in [6.07, 6.45) is 1.53. The summed E-state index contributed by atoms with van der Waals surface area (Å²) in [6.45, 7) is 0. The second-order valence-electron chi connectivity index (χ2n) is 0.777. The summed E-state index contributed by atoms with van der Waals surface area (Å²) in [6, 6.07) is 0. The van der Waals surface area contributed by atoms with Gasteiger partial charge in [0.2, 0.25) is 0 Å². The molecule has 0 bridgehead atoms. The monoisotopic (exact) mass is 141 g/mol. The van der Waals surface area contributed by atoms with Gasteiger partial charge >= 0.3 is 0 Å². The Kier molecular flexibility index (Phi) is 5.03. The topological polar surface area (TPSA) is 57.2 Å². The van der Waals surface area contributed by atoms with Gasteiger partial charge in [-0.1, -0.05) is 5.04 Å². The molecule has 0 spiro atoms. The van der Waals surface area contributed by atoms with Crippen LogP contribution in [0.1, 0.15) is 0 Å². The maximum absolute atomic E-state index is 7.41. The lowest BCUT2D eigenvalue weighted by Crippen LogP contribution is -1.94. The molecule has 0 saturated heterocycles. The third-order valence-electron chi connectivity index (χ3n) is 0.193. The van der Waals surface area contributed by atoms with Crippen molar-refractivity contribution >= 4 is 10.6 Å². The van der Waals surface area contributed by atoms with E-state index in [0.29, 0.717) is 0 Å². The Hall–Kier alpha value is -0.0700. The minimum atomic E-state index is -0.855. The van der Waals surface area contributed by atoms with E-state index >= 15 is 0 Å². The number of hydrogen-bond acceptors (Lipinski definition) is 6. The van der Waals surface area contributed by atoms with Gasteiger partial charge in [-0.25, -0.2) is 5.26 Å². The maximum Gasteiger partial charge on any atom is -0.00688 e. The third kappa shape index (κ3) is 5.93. The van der Waals surface area contributed by atoms with Crippen LogP contribution in [0.5, 0.6) is 0 Å². The zero-order valence-corrected chi connectivity index (χ0v) is 4.88. The largest absolute Gasteiger partial charge is 0.308 e. The van der Waals surface area contributed by atoms with E-state index in [2.05, 4.69) is 19.4 Å². The van der Waals surface area contributed by atoms with Gasteiger partial charge in [-0.15, -0.1) is 6.26 Å². The Balaban J connectivity index is 2.86. The molecule has 5 nitrogen and oxygen atoms in total. The molecule has 0 aromatic rings. The van der Waals surface area contributed by atoms with Gasteiger partial charge in [0, 0.05) is 0 Å². The van der Waals surface area contributed by atoms with Crippen LogP contribution in [0, 0.1) is 5.69 Å². The van der Waals surface area contributed by atoms with Crippen molar-refractivity contribution in [2.45, 2.75) is 0 Å². The molecular formula is C2H5O5S-. The van der Waals surface area contributed by atoms with E-state index in [1.165, 1.54) is 6.26 Å². The number of rotatable bonds is 3. The maximum atomic E-state index is 7.41. The average molecular weight is 141 g/mol. The predicted molar refractivity (Wildman–Crippen MR) is 25.2 cm³/mol. The smallest absolute Gasteiger partial charge is 0.00688 e. The summed E-state index contributed by atoms with van der Waals surface area (Å²) >= 11 is 0. The Morgan fingerprint density at radius 3 is 2.50 bits per heavy atom. The predicted octanol–water partition coefficient (Wildman–Crippen LogP) is 0.0229. The standard InChI is InChI=1S/C2H5O5S/c1-8(2)7-6-5-4-3/h1,3H,2H3/q-1. The van der Waals surface area contributed by atoms with Crippen LogP contribution >= 0.6 is 0 Å². The molecule has 0 aromatic carbocycles. The first-order valence-corrected chi connectivity index (χ1v) is 3.11. The van der Waals surface area contributed by atoms with Gasteiger partial charge in [-0.05, 0) is 10.1 Å². The lowest BCUT2D eigenvalue weighted by molar-refractivity contribution is -0.683. The van der Waals surface area contributed by atoms with E-state index in [1.807, 2.05) is 0 Å². The first-order valence-electron chi connectivity index (χ1n) is 1.49. The SMILES string of the molecule is C#[S-](C)OOOOO. The highest BCUT2D eigenvalue weighted by Gasteiger charge is 1.75. The van der Waals surface area contributed by atoms with Crippen LogP contribution in [0.3, 0.4) is 0 Å². The van der Waals surface area contributed by atoms with E-state index in [0.717, 1.165) is 0 Å². The quantitative estimate of drug-likeness (QED) is 0.260. The third-order valence-corrected chi connectivity index (χ3v) is 0.464. The summed E-state index contributed by atoms with van der Waals surface area (Å²) in [5, 5.41) is 17.5. The van der Waals surface area contributed by atoms with Crippen molar-refractivity contribution in [3.8, 4) is 5.69 Å². The average Bonchev–Trinajstić information content (AvgIpc) is 1.66. The van der Waals surface area contributed by atoms with E-state index in [1.54, 1.807) is 0 Å². The molecule has 6 heteroatoms. The Morgan fingerprint density at radius 1 is 1.50 bits per heavy atom. The second-order valence-corrected chi connectivity index (χ2v) is 1.91. The zero-order valence-electron chi connectivity index (χ0n) is 4.07. The van der Waals surface area contributed by atoms with Crippen molar-refractivity contribution in [3.63, 3.8) is 0 Å². The highest BCUT2D eigenvalue weighted by Crippen LogP contribution is 1.81. The van der Waals surface area contributed by atoms with Crippen LogP contribution in [-0.4, -0.2) is 11.5 Å². The molecule has 8 heavy (non-hydrogen) atoms. The van der Waals surface area contributed by atoms with Crippen molar-refractivity contribution in [1.29, 1.82) is 0 Å². The molecule has 0 heterocycles. The van der Waals surface area contributed by atoms with Gasteiger partial charge in [0.25, 0.3) is 0 Å². The summed E-state index contributed by atoms with van der Waals surface area (Å²) < 4.78 is 4.08. The molecule has 0 unspecified atom stereocenters. The van der Waals surface area contributed by atoms with Crippen LogP contribution in [0.15, 0.2) is 0 Å². The molecule has 0 radical (unpaired) electrons. The molecule has 0 saturated carbocycles. The first kappa shape index (κ1) is 7.93. The van der Waals surface area contributed by atoms with E-state index in [9.17, 15) is 0 Å². The molecule has 0 aliphatic heterocycles. The molecule has 0 amide bonds. The number of hydrogen-bond donors (Lipinski definition) is 1. The van der Waals surface area contributed by atoms with Crippen LogP contribution in [0.25, 0.3) is 0 Å². The Morgan fingerprint density at radius 2 is 2.12 bits per heavy atom. The van der Waals surface area contributed by atoms with Crippen molar-refractivity contribution in [2.24, 2.45) is 0 Å². The zero-order chi connectivity index (χ0) is 6.41. The van der Waals surface area contributed by atoms with Crippen molar-refractivity contribution in [1.82, 2.24) is 0 Å². The summed E-state index contributed by atoms with van der Waals surface area (Å²) in [5.74, 6) is 0. The molecule has 0 fully saturated rings. The van der Waals surface area contributed by atoms with Crippen molar-refractivity contribution in [3.05, 3.63) is 0 Å². The fraction of sp³-hybridized carbons (Fsp3) is 0.500. The normalized spacial score (nSPS) is 10.2. The Labute approximate surface area is 48.2 Å². The molecule has 0 aromatic heterocycles. The van der Waals surface area contributed by atoms with Crippen LogP contribution in [-0.2, 0) is 30.0 Å². The van der Waals surface area contributed by atoms with Crippen molar-refractivity contribution in [2.75, 3.05) is 6.26 Å². The highest BCUT2D eigenvalue weighted by atomic mass is 32.2. The fourth-order valence-corrected chi connectivity index (χ4v) is 0.178. The van der Waals surface area contributed by atoms with E-state index < -0.39 is 10.6 Å². The van der Waals surface area contributed by atoms with Crippen LogP contribution < -0.4 is 0 Å². The Bertz CT molecular complexity index is 103. The van der Waals surface area contributed by atoms with Gasteiger partial charge in [0.1, 0.15) is 0 Å². The van der Waals surface area contributed by atoms with Crippen LogP contribution in [0.4, 0.5) is 0 Å². The lowest BCUT2D eigenvalue weighted by Gasteiger charge is -2.05.